The molecule has 0 aliphatic carbocycles. The van der Waals surface area contributed by atoms with Gasteiger partial charge in [-0.15, -0.1) is 0 Å². The number of Topliss-reactive ketones (excluding diaryl/α,β-unsaturated/α-hetero) is 1. The van der Waals surface area contributed by atoms with E-state index in [1.165, 1.54) is 0 Å². The number of hydrogen-bond acceptors (Lipinski definition) is 2. The summed E-state index contributed by atoms with van der Waals surface area (Å²) in [5, 5.41) is -0.415. The number of carbonyl (C=O) groups is 2. The van der Waals surface area contributed by atoms with Crippen LogP contribution in [0.1, 0.15) is 21.5 Å². The third-order valence-electron chi connectivity index (χ3n) is 1.91. The van der Waals surface area contributed by atoms with Gasteiger partial charge in [0, 0.05) is 10.9 Å². The molecule has 0 saturated heterocycles. The molecule has 0 spiro atoms. The summed E-state index contributed by atoms with van der Waals surface area (Å²) >= 11 is 8.41. The molecule has 0 saturated carbocycles. The fourth-order valence-corrected chi connectivity index (χ4v) is 1.82. The van der Waals surface area contributed by atoms with E-state index in [9.17, 15) is 9.59 Å². The lowest BCUT2D eigenvalue weighted by Gasteiger charge is -2.06. The van der Waals surface area contributed by atoms with Gasteiger partial charge in [-0.2, -0.15) is 0 Å². The highest BCUT2D eigenvalue weighted by molar-refractivity contribution is 9.08. The van der Waals surface area contributed by atoms with E-state index in [1.54, 1.807) is 19.1 Å². The maximum absolute atomic E-state index is 11.4. The quantitative estimate of drug-likeness (QED) is 0.368. The van der Waals surface area contributed by atoms with E-state index in [-0.39, 0.29) is 0 Å². The summed E-state index contributed by atoms with van der Waals surface area (Å²) in [5.41, 5.74) is 1.95. The van der Waals surface area contributed by atoms with E-state index >= 15 is 0 Å². The van der Waals surface area contributed by atoms with Gasteiger partial charge in [0.15, 0.2) is 0 Å². The second-order valence-corrected chi connectivity index (χ2v) is 3.75. The average molecular weight is 276 g/mol. The van der Waals surface area contributed by atoms with Crippen LogP contribution in [0.3, 0.4) is 0 Å². The Kier molecular flexibility index (Phi) is 3.84. The summed E-state index contributed by atoms with van der Waals surface area (Å²) < 4.78 is 0. The first-order valence-corrected chi connectivity index (χ1v) is 5.46. The standard InChI is InChI=1S/C10H8BrClO2/c1-6-3-2-4-7(5-11)8(6)9(13)10(12)14/h2-4H,5H2,1H3. The van der Waals surface area contributed by atoms with Gasteiger partial charge in [0.1, 0.15) is 0 Å². The lowest BCUT2D eigenvalue weighted by molar-refractivity contribution is -0.108. The summed E-state index contributed by atoms with van der Waals surface area (Å²) in [6, 6.07) is 5.40. The summed E-state index contributed by atoms with van der Waals surface area (Å²) in [5.74, 6) is -0.640. The molecule has 0 aliphatic heterocycles. The monoisotopic (exact) mass is 274 g/mol. The van der Waals surface area contributed by atoms with Crippen LogP contribution in [0.4, 0.5) is 0 Å². The van der Waals surface area contributed by atoms with Crippen molar-refractivity contribution >= 4 is 38.6 Å². The van der Waals surface area contributed by atoms with Crippen molar-refractivity contribution in [3.63, 3.8) is 0 Å². The molecule has 0 fully saturated rings. The molecule has 0 amide bonds. The number of benzene rings is 1. The Balaban J connectivity index is 3.30. The molecule has 0 N–H and O–H groups in total. The van der Waals surface area contributed by atoms with E-state index in [0.717, 1.165) is 11.1 Å². The van der Waals surface area contributed by atoms with Crippen molar-refractivity contribution in [2.75, 3.05) is 0 Å². The van der Waals surface area contributed by atoms with E-state index in [4.69, 9.17) is 11.6 Å². The average Bonchev–Trinajstić information content (AvgIpc) is 2.16. The van der Waals surface area contributed by atoms with Crippen LogP contribution in [0.2, 0.25) is 0 Å². The predicted octanol–water partition coefficient (Wildman–Crippen LogP) is 2.84. The fraction of sp³-hybridized carbons (Fsp3) is 0.200. The minimum absolute atomic E-state index is 0.407. The summed E-state index contributed by atoms with van der Waals surface area (Å²) in [6.45, 7) is 1.78. The van der Waals surface area contributed by atoms with Crippen molar-refractivity contribution in [3.05, 3.63) is 34.9 Å². The van der Waals surface area contributed by atoms with Crippen molar-refractivity contribution in [1.29, 1.82) is 0 Å². The highest BCUT2D eigenvalue weighted by atomic mass is 79.9. The number of rotatable bonds is 3. The van der Waals surface area contributed by atoms with E-state index < -0.39 is 11.0 Å². The van der Waals surface area contributed by atoms with Crippen molar-refractivity contribution in [1.82, 2.24) is 0 Å². The molecule has 0 atom stereocenters. The highest BCUT2D eigenvalue weighted by Crippen LogP contribution is 2.18. The van der Waals surface area contributed by atoms with Gasteiger partial charge in [0.25, 0.3) is 5.24 Å². The van der Waals surface area contributed by atoms with Crippen LogP contribution in [0, 0.1) is 6.92 Å². The first-order chi connectivity index (χ1) is 6.57. The van der Waals surface area contributed by atoms with Crippen molar-refractivity contribution in [2.45, 2.75) is 12.3 Å². The summed E-state index contributed by atoms with van der Waals surface area (Å²) in [7, 11) is 0. The van der Waals surface area contributed by atoms with Crippen LogP contribution in [0.15, 0.2) is 18.2 Å². The minimum atomic E-state index is -0.943. The Hall–Kier alpha value is -0.670. The van der Waals surface area contributed by atoms with Crippen LogP contribution in [-0.4, -0.2) is 11.0 Å². The third kappa shape index (κ3) is 2.22. The van der Waals surface area contributed by atoms with Gasteiger partial charge < -0.3 is 0 Å². The van der Waals surface area contributed by atoms with Crippen LogP contribution >= 0.6 is 27.5 Å². The lowest BCUT2D eigenvalue weighted by atomic mass is 10.00. The zero-order valence-electron chi connectivity index (χ0n) is 7.51. The van der Waals surface area contributed by atoms with E-state index in [0.29, 0.717) is 10.9 Å². The Morgan fingerprint density at radius 2 is 2.07 bits per heavy atom. The molecule has 1 aromatic carbocycles. The van der Waals surface area contributed by atoms with Crippen molar-refractivity contribution < 1.29 is 9.59 Å². The van der Waals surface area contributed by atoms with Crippen LogP contribution in [-0.2, 0) is 10.1 Å². The van der Waals surface area contributed by atoms with E-state index in [1.807, 2.05) is 6.07 Å². The topological polar surface area (TPSA) is 34.1 Å². The molecule has 14 heavy (non-hydrogen) atoms. The second-order valence-electron chi connectivity index (χ2n) is 2.85. The maximum Gasteiger partial charge on any atom is 0.293 e. The molecule has 0 heterocycles. The molecule has 0 aromatic heterocycles. The largest absolute Gasteiger partial charge is 0.293 e. The Bertz CT molecular complexity index is 388. The van der Waals surface area contributed by atoms with Crippen LogP contribution in [0.25, 0.3) is 0 Å². The molecule has 0 aliphatic rings. The van der Waals surface area contributed by atoms with Gasteiger partial charge in [-0.05, 0) is 29.7 Å². The molecule has 0 radical (unpaired) electrons. The molecule has 2 nitrogen and oxygen atoms in total. The molecular weight excluding hydrogens is 267 g/mol. The molecule has 4 heteroatoms. The zero-order valence-corrected chi connectivity index (χ0v) is 9.85. The normalized spacial score (nSPS) is 9.93. The Morgan fingerprint density at radius 1 is 1.43 bits per heavy atom. The first-order valence-electron chi connectivity index (χ1n) is 3.96. The van der Waals surface area contributed by atoms with Crippen LogP contribution < -0.4 is 0 Å². The van der Waals surface area contributed by atoms with Crippen molar-refractivity contribution in [2.24, 2.45) is 0 Å². The zero-order chi connectivity index (χ0) is 10.7. The van der Waals surface area contributed by atoms with Crippen LogP contribution in [0.5, 0.6) is 0 Å². The molecule has 74 valence electrons. The number of alkyl halides is 1. The number of hydrogen-bond donors (Lipinski definition) is 0. The summed E-state index contributed by atoms with van der Waals surface area (Å²) in [6.07, 6.45) is 0. The first kappa shape index (κ1) is 11.4. The molecular formula is C10H8BrClO2. The Morgan fingerprint density at radius 3 is 2.57 bits per heavy atom. The van der Waals surface area contributed by atoms with E-state index in [2.05, 4.69) is 15.9 Å². The third-order valence-corrected chi connectivity index (χ3v) is 2.68. The number of carbonyl (C=O) groups excluding carboxylic acids is 2. The molecule has 1 aromatic rings. The van der Waals surface area contributed by atoms with Crippen molar-refractivity contribution in [3.8, 4) is 0 Å². The number of halogens is 2. The fourth-order valence-electron chi connectivity index (χ4n) is 1.26. The minimum Gasteiger partial charge on any atom is -0.284 e. The van der Waals surface area contributed by atoms with Gasteiger partial charge >= 0.3 is 0 Å². The van der Waals surface area contributed by atoms with Gasteiger partial charge in [0.05, 0.1) is 0 Å². The number of ketones is 1. The van der Waals surface area contributed by atoms with Gasteiger partial charge in [-0.1, -0.05) is 34.1 Å². The van der Waals surface area contributed by atoms with Gasteiger partial charge in [0.2, 0.25) is 5.78 Å². The van der Waals surface area contributed by atoms with Gasteiger partial charge in [-0.25, -0.2) is 0 Å². The highest BCUT2D eigenvalue weighted by Gasteiger charge is 2.18. The smallest absolute Gasteiger partial charge is 0.284 e. The predicted molar refractivity (Wildman–Crippen MR) is 59.0 cm³/mol. The molecule has 0 unspecified atom stereocenters. The summed E-state index contributed by atoms with van der Waals surface area (Å²) in [4.78, 5) is 22.2. The lowest BCUT2D eigenvalue weighted by Crippen LogP contribution is -2.11. The van der Waals surface area contributed by atoms with Gasteiger partial charge in [-0.3, -0.25) is 9.59 Å². The molecule has 1 rings (SSSR count). The molecule has 0 bridgehead atoms. The number of aryl methyl sites for hydroxylation is 1. The maximum atomic E-state index is 11.4. The Labute approximate surface area is 95.4 Å². The second kappa shape index (κ2) is 4.71. The SMILES string of the molecule is Cc1cccc(CBr)c1C(=O)C(=O)Cl.